The highest BCUT2D eigenvalue weighted by Crippen LogP contribution is 2.06. The zero-order valence-electron chi connectivity index (χ0n) is 11.0. The van der Waals surface area contributed by atoms with Gasteiger partial charge in [0.2, 0.25) is 5.91 Å². The van der Waals surface area contributed by atoms with Crippen molar-refractivity contribution in [2.75, 3.05) is 46.9 Å². The van der Waals surface area contributed by atoms with Gasteiger partial charge in [0.1, 0.15) is 0 Å². The second-order valence-electron chi connectivity index (χ2n) is 4.71. The van der Waals surface area contributed by atoms with E-state index >= 15 is 0 Å². The monoisotopic (exact) mass is 243 g/mol. The highest BCUT2D eigenvalue weighted by molar-refractivity contribution is 5.81. The maximum Gasteiger partial charge on any atom is 0.237 e. The van der Waals surface area contributed by atoms with Crippen molar-refractivity contribution in [1.29, 1.82) is 0 Å². The lowest BCUT2D eigenvalue weighted by atomic mass is 10.0. The summed E-state index contributed by atoms with van der Waals surface area (Å²) in [4.78, 5) is 13.8. The van der Waals surface area contributed by atoms with Crippen molar-refractivity contribution >= 4 is 5.91 Å². The normalized spacial score (nSPS) is 20.5. The summed E-state index contributed by atoms with van der Waals surface area (Å²) in [5, 5.41) is 6.13. The molecule has 1 aliphatic heterocycles. The van der Waals surface area contributed by atoms with E-state index < -0.39 is 0 Å². The lowest BCUT2D eigenvalue weighted by Gasteiger charge is -2.22. The van der Waals surface area contributed by atoms with Gasteiger partial charge >= 0.3 is 0 Å². The molecule has 0 aliphatic carbocycles. The van der Waals surface area contributed by atoms with Crippen LogP contribution in [0.15, 0.2) is 0 Å². The number of nitrogens with one attached hydrogen (secondary N) is 2. The second kappa shape index (κ2) is 8.44. The number of ether oxygens (including phenoxy) is 1. The molecular formula is C12H25N3O2. The number of piperidine rings is 1. The average molecular weight is 243 g/mol. The van der Waals surface area contributed by atoms with Crippen molar-refractivity contribution < 1.29 is 9.53 Å². The predicted molar refractivity (Wildman–Crippen MR) is 68.0 cm³/mol. The average Bonchev–Trinajstić information content (AvgIpc) is 2.34. The van der Waals surface area contributed by atoms with E-state index in [4.69, 9.17) is 4.74 Å². The Hall–Kier alpha value is -0.650. The third-order valence-corrected chi connectivity index (χ3v) is 2.86. The Morgan fingerprint density at radius 3 is 2.88 bits per heavy atom. The number of hydrogen-bond acceptors (Lipinski definition) is 4. The smallest absolute Gasteiger partial charge is 0.237 e. The van der Waals surface area contributed by atoms with E-state index in [0.717, 1.165) is 25.9 Å². The molecule has 1 atom stereocenters. The van der Waals surface area contributed by atoms with Gasteiger partial charge in [0.25, 0.3) is 0 Å². The summed E-state index contributed by atoms with van der Waals surface area (Å²) >= 11 is 0. The Morgan fingerprint density at radius 2 is 2.24 bits per heavy atom. The fourth-order valence-corrected chi connectivity index (χ4v) is 1.79. The lowest BCUT2D eigenvalue weighted by molar-refractivity contribution is -0.123. The van der Waals surface area contributed by atoms with Gasteiger partial charge in [-0.05, 0) is 33.5 Å². The Balaban J connectivity index is 1.96. The van der Waals surface area contributed by atoms with Gasteiger partial charge in [0.15, 0.2) is 0 Å². The summed E-state index contributed by atoms with van der Waals surface area (Å²) in [6, 6.07) is 0.00512. The van der Waals surface area contributed by atoms with Crippen LogP contribution in [0.25, 0.3) is 0 Å². The SMILES string of the molecule is CN(C)CCOCCNC(=O)[C@H]1CCCCN1. The summed E-state index contributed by atoms with van der Waals surface area (Å²) in [5.41, 5.74) is 0. The topological polar surface area (TPSA) is 53.6 Å². The maximum atomic E-state index is 11.7. The molecule has 0 aromatic heterocycles. The van der Waals surface area contributed by atoms with Gasteiger partial charge in [-0.3, -0.25) is 4.79 Å². The van der Waals surface area contributed by atoms with Crippen LogP contribution < -0.4 is 10.6 Å². The summed E-state index contributed by atoms with van der Waals surface area (Å²) < 4.78 is 5.41. The molecule has 5 nitrogen and oxygen atoms in total. The van der Waals surface area contributed by atoms with Crippen LogP contribution >= 0.6 is 0 Å². The molecule has 0 bridgehead atoms. The van der Waals surface area contributed by atoms with Crippen molar-refractivity contribution in [2.24, 2.45) is 0 Å². The Kier molecular flexibility index (Phi) is 7.16. The van der Waals surface area contributed by atoms with Crippen molar-refractivity contribution in [1.82, 2.24) is 15.5 Å². The summed E-state index contributed by atoms with van der Waals surface area (Å²) in [6.07, 6.45) is 3.27. The first-order chi connectivity index (χ1) is 8.20. The first-order valence-corrected chi connectivity index (χ1v) is 6.43. The standard InChI is InChI=1S/C12H25N3O2/c1-15(2)8-10-17-9-7-14-12(16)11-5-3-4-6-13-11/h11,13H,3-10H2,1-2H3,(H,14,16)/t11-/m1/s1. The van der Waals surface area contributed by atoms with E-state index in [0.29, 0.717) is 19.8 Å². The molecule has 1 heterocycles. The molecule has 0 aromatic carbocycles. The van der Waals surface area contributed by atoms with Crippen LogP contribution in [0.5, 0.6) is 0 Å². The Bertz CT molecular complexity index is 216. The van der Waals surface area contributed by atoms with Crippen LogP contribution in [0.2, 0.25) is 0 Å². The lowest BCUT2D eigenvalue weighted by Crippen LogP contribution is -2.47. The molecular weight excluding hydrogens is 218 g/mol. The number of likely N-dealkylation sites (N-methyl/N-ethyl adjacent to an activating group) is 1. The number of carbonyl (C=O) groups excluding carboxylic acids is 1. The molecule has 0 unspecified atom stereocenters. The Morgan fingerprint density at radius 1 is 1.41 bits per heavy atom. The molecule has 1 amide bonds. The van der Waals surface area contributed by atoms with Crippen molar-refractivity contribution in [3.05, 3.63) is 0 Å². The van der Waals surface area contributed by atoms with Gasteiger partial charge in [-0.1, -0.05) is 6.42 Å². The minimum Gasteiger partial charge on any atom is -0.378 e. The molecule has 17 heavy (non-hydrogen) atoms. The van der Waals surface area contributed by atoms with Gasteiger partial charge in [-0.15, -0.1) is 0 Å². The van der Waals surface area contributed by atoms with Gasteiger partial charge < -0.3 is 20.3 Å². The fourth-order valence-electron chi connectivity index (χ4n) is 1.79. The van der Waals surface area contributed by atoms with Crippen LogP contribution in [-0.2, 0) is 9.53 Å². The van der Waals surface area contributed by atoms with Crippen LogP contribution in [0.3, 0.4) is 0 Å². The van der Waals surface area contributed by atoms with E-state index in [1.54, 1.807) is 0 Å². The van der Waals surface area contributed by atoms with Gasteiger partial charge in [-0.25, -0.2) is 0 Å². The largest absolute Gasteiger partial charge is 0.378 e. The molecule has 1 aliphatic rings. The van der Waals surface area contributed by atoms with E-state index in [9.17, 15) is 4.79 Å². The molecule has 100 valence electrons. The zero-order valence-corrected chi connectivity index (χ0v) is 11.0. The molecule has 1 saturated heterocycles. The van der Waals surface area contributed by atoms with Crippen LogP contribution in [0.4, 0.5) is 0 Å². The summed E-state index contributed by atoms with van der Waals surface area (Å²) in [7, 11) is 4.03. The number of nitrogens with zero attached hydrogens (tertiary/aromatic N) is 1. The van der Waals surface area contributed by atoms with Crippen molar-refractivity contribution in [2.45, 2.75) is 25.3 Å². The number of hydrogen-bond donors (Lipinski definition) is 2. The molecule has 5 heteroatoms. The van der Waals surface area contributed by atoms with Crippen molar-refractivity contribution in [3.63, 3.8) is 0 Å². The first-order valence-electron chi connectivity index (χ1n) is 6.43. The second-order valence-corrected chi connectivity index (χ2v) is 4.71. The molecule has 0 spiro atoms. The zero-order chi connectivity index (χ0) is 12.5. The van der Waals surface area contributed by atoms with Gasteiger partial charge in [-0.2, -0.15) is 0 Å². The maximum absolute atomic E-state index is 11.7. The molecule has 1 rings (SSSR count). The molecule has 0 aromatic rings. The fraction of sp³-hybridized carbons (Fsp3) is 0.917. The van der Waals surface area contributed by atoms with E-state index in [2.05, 4.69) is 15.5 Å². The van der Waals surface area contributed by atoms with E-state index in [1.807, 2.05) is 14.1 Å². The highest BCUT2D eigenvalue weighted by Gasteiger charge is 2.19. The number of carbonyl (C=O) groups is 1. The molecule has 2 N–H and O–H groups in total. The van der Waals surface area contributed by atoms with Crippen LogP contribution in [-0.4, -0.2) is 63.8 Å². The van der Waals surface area contributed by atoms with Gasteiger partial charge in [0.05, 0.1) is 19.3 Å². The highest BCUT2D eigenvalue weighted by atomic mass is 16.5. The van der Waals surface area contributed by atoms with Gasteiger partial charge in [0, 0.05) is 13.1 Å². The quantitative estimate of drug-likeness (QED) is 0.609. The summed E-state index contributed by atoms with van der Waals surface area (Å²) in [5.74, 6) is 0.112. The molecule has 0 radical (unpaired) electrons. The number of amides is 1. The molecule has 0 saturated carbocycles. The molecule has 1 fully saturated rings. The number of rotatable bonds is 7. The third-order valence-electron chi connectivity index (χ3n) is 2.86. The minimum atomic E-state index is 0.00512. The van der Waals surface area contributed by atoms with Crippen molar-refractivity contribution in [3.8, 4) is 0 Å². The van der Waals surface area contributed by atoms with Crippen LogP contribution in [0, 0.1) is 0 Å². The first kappa shape index (κ1) is 14.4. The van der Waals surface area contributed by atoms with Crippen LogP contribution in [0.1, 0.15) is 19.3 Å². The Labute approximate surface area is 104 Å². The third kappa shape index (κ3) is 6.61. The summed E-state index contributed by atoms with van der Waals surface area (Å²) in [6.45, 7) is 3.77. The predicted octanol–water partition coefficient (Wildman–Crippen LogP) is -0.177. The van der Waals surface area contributed by atoms with E-state index in [1.165, 1.54) is 6.42 Å². The van der Waals surface area contributed by atoms with E-state index in [-0.39, 0.29) is 11.9 Å². The minimum absolute atomic E-state index is 0.00512.